The van der Waals surface area contributed by atoms with E-state index in [1.165, 1.54) is 0 Å². The molecule has 0 saturated carbocycles. The zero-order valence-electron chi connectivity index (χ0n) is 9.85. The highest BCUT2D eigenvalue weighted by molar-refractivity contribution is 9.10. The van der Waals surface area contributed by atoms with E-state index in [4.69, 9.17) is 4.74 Å². The number of nitrogens with zero attached hydrogens (tertiary/aromatic N) is 1. The maximum atomic E-state index is 11.8. The Kier molecular flexibility index (Phi) is 4.66. The molecule has 4 nitrogen and oxygen atoms in total. The van der Waals surface area contributed by atoms with E-state index in [1.54, 1.807) is 18.7 Å². The van der Waals surface area contributed by atoms with Crippen LogP contribution < -0.4 is 10.1 Å². The van der Waals surface area contributed by atoms with Gasteiger partial charge in [0.05, 0.1) is 6.54 Å². The van der Waals surface area contributed by atoms with E-state index in [-0.39, 0.29) is 5.91 Å². The third kappa shape index (κ3) is 3.74. The van der Waals surface area contributed by atoms with Crippen molar-refractivity contribution in [3.63, 3.8) is 0 Å². The van der Waals surface area contributed by atoms with E-state index in [1.807, 2.05) is 24.3 Å². The Morgan fingerprint density at radius 3 is 2.83 bits per heavy atom. The molecule has 1 N–H and O–H groups in total. The van der Waals surface area contributed by atoms with Crippen molar-refractivity contribution in [2.24, 2.45) is 4.99 Å². The zero-order valence-corrected chi connectivity index (χ0v) is 12.3. The van der Waals surface area contributed by atoms with Gasteiger partial charge in [-0.2, -0.15) is 0 Å². The van der Waals surface area contributed by atoms with Gasteiger partial charge < -0.3 is 10.1 Å². The molecule has 0 unspecified atom stereocenters. The van der Waals surface area contributed by atoms with E-state index >= 15 is 0 Å². The Hall–Kier alpha value is -1.01. The van der Waals surface area contributed by atoms with Crippen LogP contribution >= 0.6 is 27.7 Å². The van der Waals surface area contributed by atoms with Gasteiger partial charge in [0.25, 0.3) is 5.91 Å². The lowest BCUT2D eigenvalue weighted by molar-refractivity contribution is -0.125. The first-order chi connectivity index (χ1) is 8.65. The lowest BCUT2D eigenvalue weighted by atomic mass is 10.3. The van der Waals surface area contributed by atoms with E-state index in [0.29, 0.717) is 10.9 Å². The van der Waals surface area contributed by atoms with Gasteiger partial charge in [0.15, 0.2) is 11.3 Å². The first kappa shape index (κ1) is 13.4. The van der Waals surface area contributed by atoms with Gasteiger partial charge in [0.2, 0.25) is 0 Å². The average molecular weight is 329 g/mol. The highest BCUT2D eigenvalue weighted by Gasteiger charge is 2.18. The summed E-state index contributed by atoms with van der Waals surface area (Å²) in [6.45, 7) is 2.49. The van der Waals surface area contributed by atoms with Crippen LogP contribution in [-0.4, -0.2) is 29.5 Å². The molecular weight excluding hydrogens is 316 g/mol. The predicted octanol–water partition coefficient (Wildman–Crippen LogP) is 2.44. The largest absolute Gasteiger partial charge is 0.481 e. The molecule has 1 amide bonds. The Bertz CT molecular complexity index is 462. The monoisotopic (exact) mass is 328 g/mol. The number of carbonyl (C=O) groups excluding carboxylic acids is 1. The maximum Gasteiger partial charge on any atom is 0.266 e. The molecule has 1 atom stereocenters. The summed E-state index contributed by atoms with van der Waals surface area (Å²) in [5.74, 6) is 1.42. The maximum absolute atomic E-state index is 11.8. The number of hydrogen-bond acceptors (Lipinski definition) is 4. The molecule has 0 radical (unpaired) electrons. The van der Waals surface area contributed by atoms with Crippen molar-refractivity contribution in [3.05, 3.63) is 28.7 Å². The number of hydrogen-bond donors (Lipinski definition) is 1. The van der Waals surface area contributed by atoms with Gasteiger partial charge in [-0.05, 0) is 31.2 Å². The van der Waals surface area contributed by atoms with Gasteiger partial charge >= 0.3 is 0 Å². The zero-order chi connectivity index (χ0) is 13.0. The van der Waals surface area contributed by atoms with Crippen LogP contribution in [0.3, 0.4) is 0 Å². The molecule has 0 bridgehead atoms. The summed E-state index contributed by atoms with van der Waals surface area (Å²) in [6, 6.07) is 7.37. The average Bonchev–Trinajstić information content (AvgIpc) is 2.85. The molecule has 0 fully saturated rings. The fourth-order valence-corrected chi connectivity index (χ4v) is 2.38. The first-order valence-electron chi connectivity index (χ1n) is 5.55. The number of carbonyl (C=O) groups is 1. The van der Waals surface area contributed by atoms with Crippen LogP contribution in [0.2, 0.25) is 0 Å². The number of amidine groups is 1. The SMILES string of the molecule is C[C@@H](Oc1ccc(Br)cc1)C(=O)NC1=NCCS1. The summed E-state index contributed by atoms with van der Waals surface area (Å²) in [5.41, 5.74) is 0. The van der Waals surface area contributed by atoms with Gasteiger partial charge in [-0.25, -0.2) is 0 Å². The summed E-state index contributed by atoms with van der Waals surface area (Å²) < 4.78 is 6.52. The Labute approximate surface area is 118 Å². The molecule has 6 heteroatoms. The van der Waals surface area contributed by atoms with Crippen molar-refractivity contribution in [3.8, 4) is 5.75 Å². The molecule has 1 heterocycles. The van der Waals surface area contributed by atoms with Crippen LogP contribution in [-0.2, 0) is 4.79 Å². The molecule has 1 aromatic rings. The summed E-state index contributed by atoms with van der Waals surface area (Å²) >= 11 is 4.90. The fourth-order valence-electron chi connectivity index (χ4n) is 1.39. The van der Waals surface area contributed by atoms with Crippen LogP contribution in [0.1, 0.15) is 6.92 Å². The quantitative estimate of drug-likeness (QED) is 0.927. The number of benzene rings is 1. The van der Waals surface area contributed by atoms with Crippen molar-refractivity contribution in [1.82, 2.24) is 5.32 Å². The summed E-state index contributed by atoms with van der Waals surface area (Å²) in [7, 11) is 0. The molecule has 1 aliphatic heterocycles. The Morgan fingerprint density at radius 2 is 2.22 bits per heavy atom. The van der Waals surface area contributed by atoms with Crippen molar-refractivity contribution in [1.29, 1.82) is 0 Å². The van der Waals surface area contributed by atoms with Crippen molar-refractivity contribution >= 4 is 38.8 Å². The summed E-state index contributed by atoms with van der Waals surface area (Å²) in [4.78, 5) is 16.0. The van der Waals surface area contributed by atoms with Gasteiger partial charge in [0.1, 0.15) is 5.75 Å². The number of thioether (sulfide) groups is 1. The molecule has 1 aliphatic rings. The van der Waals surface area contributed by atoms with E-state index < -0.39 is 6.10 Å². The molecule has 0 aromatic heterocycles. The minimum atomic E-state index is -0.546. The summed E-state index contributed by atoms with van der Waals surface area (Å²) in [6.07, 6.45) is -0.546. The normalized spacial score (nSPS) is 16.0. The third-order valence-corrected chi connectivity index (χ3v) is 3.73. The third-order valence-electron chi connectivity index (χ3n) is 2.31. The van der Waals surface area contributed by atoms with E-state index in [9.17, 15) is 4.79 Å². The van der Waals surface area contributed by atoms with Crippen LogP contribution in [0, 0.1) is 0 Å². The lowest BCUT2D eigenvalue weighted by Gasteiger charge is -2.14. The predicted molar refractivity (Wildman–Crippen MR) is 77.1 cm³/mol. The molecule has 2 rings (SSSR count). The Morgan fingerprint density at radius 1 is 1.50 bits per heavy atom. The second kappa shape index (κ2) is 6.24. The second-order valence-corrected chi connectivity index (χ2v) is 5.74. The van der Waals surface area contributed by atoms with Crippen molar-refractivity contribution in [2.75, 3.05) is 12.3 Å². The highest BCUT2D eigenvalue weighted by Crippen LogP contribution is 2.17. The van der Waals surface area contributed by atoms with Crippen LogP contribution in [0.4, 0.5) is 0 Å². The van der Waals surface area contributed by atoms with Crippen LogP contribution in [0.15, 0.2) is 33.7 Å². The van der Waals surface area contributed by atoms with E-state index in [0.717, 1.165) is 16.8 Å². The molecule has 0 aliphatic carbocycles. The standard InChI is InChI=1S/C12H13BrN2O2S/c1-8(11(16)15-12-14-6-7-18-12)17-10-4-2-9(13)3-5-10/h2-5,8H,6-7H2,1H3,(H,14,15,16)/t8-/m1/s1. The molecule has 0 saturated heterocycles. The minimum Gasteiger partial charge on any atom is -0.481 e. The molecule has 96 valence electrons. The van der Waals surface area contributed by atoms with Gasteiger partial charge in [-0.3, -0.25) is 9.79 Å². The lowest BCUT2D eigenvalue weighted by Crippen LogP contribution is -2.38. The number of aliphatic imine (C=N–C) groups is 1. The van der Waals surface area contributed by atoms with Gasteiger partial charge in [-0.15, -0.1) is 0 Å². The number of halogens is 1. The van der Waals surface area contributed by atoms with Gasteiger partial charge in [0, 0.05) is 10.2 Å². The molecule has 18 heavy (non-hydrogen) atoms. The number of amides is 1. The van der Waals surface area contributed by atoms with Crippen molar-refractivity contribution < 1.29 is 9.53 Å². The smallest absolute Gasteiger partial charge is 0.266 e. The van der Waals surface area contributed by atoms with Crippen LogP contribution in [0.5, 0.6) is 5.75 Å². The molecule has 0 spiro atoms. The summed E-state index contributed by atoms with van der Waals surface area (Å²) in [5, 5.41) is 3.44. The topological polar surface area (TPSA) is 50.7 Å². The molecular formula is C12H13BrN2O2S. The van der Waals surface area contributed by atoms with Gasteiger partial charge in [-0.1, -0.05) is 27.7 Å². The molecule has 1 aromatic carbocycles. The number of ether oxygens (including phenoxy) is 1. The number of rotatable bonds is 3. The highest BCUT2D eigenvalue weighted by atomic mass is 79.9. The van der Waals surface area contributed by atoms with E-state index in [2.05, 4.69) is 26.2 Å². The van der Waals surface area contributed by atoms with Crippen molar-refractivity contribution in [2.45, 2.75) is 13.0 Å². The minimum absolute atomic E-state index is 0.175. The first-order valence-corrected chi connectivity index (χ1v) is 7.33. The number of nitrogens with one attached hydrogen (secondary N) is 1. The second-order valence-electron chi connectivity index (χ2n) is 3.74. The Balaban J connectivity index is 1.88. The fraction of sp³-hybridized carbons (Fsp3) is 0.333. The van der Waals surface area contributed by atoms with Crippen LogP contribution in [0.25, 0.3) is 0 Å².